The van der Waals surface area contributed by atoms with Crippen LogP contribution in [0.25, 0.3) is 0 Å². The molecule has 0 saturated heterocycles. The average Bonchev–Trinajstić information content (AvgIpc) is 2.31. The molecule has 88 valence electrons. The van der Waals surface area contributed by atoms with E-state index in [1.54, 1.807) is 0 Å². The summed E-state index contributed by atoms with van der Waals surface area (Å²) < 4.78 is 31.4. The van der Waals surface area contributed by atoms with Crippen LogP contribution in [0.1, 0.15) is 12.0 Å². The molecule has 0 aliphatic carbocycles. The molecule has 1 atom stereocenters. The first kappa shape index (κ1) is 12.8. The molecule has 0 aliphatic heterocycles. The van der Waals surface area contributed by atoms with Gasteiger partial charge in [0, 0.05) is 7.11 Å². The van der Waals surface area contributed by atoms with Gasteiger partial charge in [-0.15, -0.1) is 0 Å². The molecular weight excluding hydrogens is 210 g/mol. The molecule has 0 bridgehead atoms. The van der Waals surface area contributed by atoms with Crippen LogP contribution in [0.15, 0.2) is 43.0 Å². The second-order valence-electron chi connectivity index (χ2n) is 3.63. The standard InChI is InChI=1S/C13H16F2O/c1-3-13(14,15)12(16-2)10-9-11-7-5-4-6-8-11/h3-8,12H,1,9-10H2,2H3. The third-order valence-electron chi connectivity index (χ3n) is 2.52. The van der Waals surface area contributed by atoms with Gasteiger partial charge in [0.25, 0.3) is 5.92 Å². The number of methoxy groups -OCH3 is 1. The van der Waals surface area contributed by atoms with Crippen LogP contribution in [0.4, 0.5) is 8.78 Å². The fourth-order valence-corrected chi connectivity index (χ4v) is 1.54. The molecule has 3 heteroatoms. The Balaban J connectivity index is 2.56. The molecule has 16 heavy (non-hydrogen) atoms. The lowest BCUT2D eigenvalue weighted by molar-refractivity contribution is -0.0917. The summed E-state index contributed by atoms with van der Waals surface area (Å²) >= 11 is 0. The van der Waals surface area contributed by atoms with E-state index in [0.29, 0.717) is 12.5 Å². The van der Waals surface area contributed by atoms with Gasteiger partial charge in [0.05, 0.1) is 0 Å². The lowest BCUT2D eigenvalue weighted by Gasteiger charge is -2.22. The molecule has 0 heterocycles. The summed E-state index contributed by atoms with van der Waals surface area (Å²) in [6, 6.07) is 9.51. The molecule has 0 amide bonds. The van der Waals surface area contributed by atoms with Crippen molar-refractivity contribution in [3.63, 3.8) is 0 Å². The van der Waals surface area contributed by atoms with Crippen LogP contribution >= 0.6 is 0 Å². The minimum absolute atomic E-state index is 0.277. The lowest BCUT2D eigenvalue weighted by Crippen LogP contribution is -2.33. The number of rotatable bonds is 6. The Morgan fingerprint density at radius 1 is 1.38 bits per heavy atom. The van der Waals surface area contributed by atoms with Crippen molar-refractivity contribution in [2.24, 2.45) is 0 Å². The van der Waals surface area contributed by atoms with E-state index in [1.807, 2.05) is 30.3 Å². The van der Waals surface area contributed by atoms with E-state index in [9.17, 15) is 8.78 Å². The molecule has 0 radical (unpaired) electrons. The molecular formula is C13H16F2O. The maximum Gasteiger partial charge on any atom is 0.291 e. The summed E-state index contributed by atoms with van der Waals surface area (Å²) in [6.45, 7) is 3.13. The van der Waals surface area contributed by atoms with Crippen LogP contribution in [0.5, 0.6) is 0 Å². The third kappa shape index (κ3) is 3.42. The quantitative estimate of drug-likeness (QED) is 0.675. The number of hydrogen-bond donors (Lipinski definition) is 0. The summed E-state index contributed by atoms with van der Waals surface area (Å²) in [5.74, 6) is -2.97. The van der Waals surface area contributed by atoms with Crippen LogP contribution in [0, 0.1) is 0 Å². The van der Waals surface area contributed by atoms with E-state index in [1.165, 1.54) is 7.11 Å². The topological polar surface area (TPSA) is 9.23 Å². The summed E-state index contributed by atoms with van der Waals surface area (Å²) in [5, 5.41) is 0. The Kier molecular flexibility index (Phi) is 4.62. The van der Waals surface area contributed by atoms with Gasteiger partial charge in [0.1, 0.15) is 6.10 Å². The van der Waals surface area contributed by atoms with E-state index in [0.717, 1.165) is 5.56 Å². The fraction of sp³-hybridized carbons (Fsp3) is 0.385. The predicted molar refractivity (Wildman–Crippen MR) is 60.7 cm³/mol. The van der Waals surface area contributed by atoms with E-state index < -0.39 is 12.0 Å². The van der Waals surface area contributed by atoms with E-state index >= 15 is 0 Å². The molecule has 0 aliphatic rings. The summed E-state index contributed by atoms with van der Waals surface area (Å²) in [5.41, 5.74) is 1.03. The highest BCUT2D eigenvalue weighted by molar-refractivity contribution is 5.15. The van der Waals surface area contributed by atoms with Gasteiger partial charge in [0.2, 0.25) is 0 Å². The van der Waals surface area contributed by atoms with Crippen molar-refractivity contribution in [1.29, 1.82) is 0 Å². The zero-order valence-electron chi connectivity index (χ0n) is 9.33. The average molecular weight is 226 g/mol. The Morgan fingerprint density at radius 2 is 2.00 bits per heavy atom. The molecule has 0 spiro atoms. The van der Waals surface area contributed by atoms with Gasteiger partial charge in [-0.2, -0.15) is 8.78 Å². The highest BCUT2D eigenvalue weighted by atomic mass is 19.3. The maximum atomic E-state index is 13.3. The maximum absolute atomic E-state index is 13.3. The molecule has 0 saturated carbocycles. The van der Waals surface area contributed by atoms with Gasteiger partial charge in [-0.1, -0.05) is 36.9 Å². The van der Waals surface area contributed by atoms with Crippen molar-refractivity contribution >= 4 is 0 Å². The highest BCUT2D eigenvalue weighted by Crippen LogP contribution is 2.25. The van der Waals surface area contributed by atoms with Gasteiger partial charge >= 0.3 is 0 Å². The van der Waals surface area contributed by atoms with Crippen molar-refractivity contribution in [3.05, 3.63) is 48.6 Å². The molecule has 1 unspecified atom stereocenters. The molecule has 0 fully saturated rings. The molecule has 1 aromatic rings. The highest BCUT2D eigenvalue weighted by Gasteiger charge is 2.35. The van der Waals surface area contributed by atoms with Crippen molar-refractivity contribution in [1.82, 2.24) is 0 Å². The van der Waals surface area contributed by atoms with Gasteiger partial charge in [0.15, 0.2) is 0 Å². The normalized spacial score (nSPS) is 13.4. The predicted octanol–water partition coefficient (Wildman–Crippen LogP) is 3.46. The van der Waals surface area contributed by atoms with E-state index in [4.69, 9.17) is 4.74 Å². The SMILES string of the molecule is C=CC(F)(F)C(CCc1ccccc1)OC. The molecule has 0 aromatic heterocycles. The number of halogens is 2. The van der Waals surface area contributed by atoms with Crippen molar-refractivity contribution in [2.75, 3.05) is 7.11 Å². The summed E-state index contributed by atoms with van der Waals surface area (Å²) in [6.07, 6.45) is 0.388. The van der Waals surface area contributed by atoms with Crippen LogP contribution < -0.4 is 0 Å². The first-order valence-electron chi connectivity index (χ1n) is 5.18. The lowest BCUT2D eigenvalue weighted by atomic mass is 10.0. The Bertz CT molecular complexity index is 322. The number of hydrogen-bond acceptors (Lipinski definition) is 1. The van der Waals surface area contributed by atoms with Gasteiger partial charge in [-0.05, 0) is 24.5 Å². The first-order chi connectivity index (χ1) is 7.60. The van der Waals surface area contributed by atoms with Crippen LogP contribution in [-0.4, -0.2) is 19.1 Å². The number of alkyl halides is 2. The number of ether oxygens (including phenoxy) is 1. The fourth-order valence-electron chi connectivity index (χ4n) is 1.54. The zero-order valence-corrected chi connectivity index (χ0v) is 9.33. The summed E-state index contributed by atoms with van der Waals surface area (Å²) in [4.78, 5) is 0. The van der Waals surface area contributed by atoms with Gasteiger partial charge < -0.3 is 4.74 Å². The minimum atomic E-state index is -2.97. The third-order valence-corrected chi connectivity index (χ3v) is 2.52. The van der Waals surface area contributed by atoms with Crippen molar-refractivity contribution in [2.45, 2.75) is 24.9 Å². The van der Waals surface area contributed by atoms with Crippen molar-refractivity contribution < 1.29 is 13.5 Å². The van der Waals surface area contributed by atoms with Crippen LogP contribution in [0.3, 0.4) is 0 Å². The molecule has 1 nitrogen and oxygen atoms in total. The van der Waals surface area contributed by atoms with Crippen LogP contribution in [-0.2, 0) is 11.2 Å². The Labute approximate surface area is 94.7 Å². The smallest absolute Gasteiger partial charge is 0.291 e. The zero-order chi connectivity index (χ0) is 12.0. The van der Waals surface area contributed by atoms with Gasteiger partial charge in [-0.25, -0.2) is 0 Å². The Morgan fingerprint density at radius 3 is 2.50 bits per heavy atom. The largest absolute Gasteiger partial charge is 0.375 e. The van der Waals surface area contributed by atoms with E-state index in [-0.39, 0.29) is 6.42 Å². The second kappa shape index (κ2) is 5.75. The number of benzene rings is 1. The monoisotopic (exact) mass is 226 g/mol. The number of aryl methyl sites for hydroxylation is 1. The molecule has 0 N–H and O–H groups in total. The van der Waals surface area contributed by atoms with Crippen molar-refractivity contribution in [3.8, 4) is 0 Å². The second-order valence-corrected chi connectivity index (χ2v) is 3.63. The molecule has 1 rings (SSSR count). The van der Waals surface area contributed by atoms with Gasteiger partial charge in [-0.3, -0.25) is 0 Å². The summed E-state index contributed by atoms with van der Waals surface area (Å²) in [7, 11) is 1.30. The molecule has 1 aromatic carbocycles. The Hall–Kier alpha value is -1.22. The van der Waals surface area contributed by atoms with E-state index in [2.05, 4.69) is 6.58 Å². The van der Waals surface area contributed by atoms with Crippen LogP contribution in [0.2, 0.25) is 0 Å². The minimum Gasteiger partial charge on any atom is -0.375 e. The first-order valence-corrected chi connectivity index (χ1v) is 5.18.